The van der Waals surface area contributed by atoms with E-state index in [0.29, 0.717) is 12.1 Å². The summed E-state index contributed by atoms with van der Waals surface area (Å²) in [5.41, 5.74) is 0. The minimum atomic E-state index is 0.597. The van der Waals surface area contributed by atoms with Crippen LogP contribution >= 0.6 is 0 Å². The third-order valence-electron chi connectivity index (χ3n) is 3.85. The predicted octanol–water partition coefficient (Wildman–Crippen LogP) is 3.91. The van der Waals surface area contributed by atoms with Crippen LogP contribution in [0.5, 0.6) is 0 Å². The Morgan fingerprint density at radius 3 is 1.78 bits per heavy atom. The molecule has 0 saturated heterocycles. The van der Waals surface area contributed by atoms with Crippen LogP contribution in [0.3, 0.4) is 0 Å². The van der Waals surface area contributed by atoms with Gasteiger partial charge in [0.25, 0.3) is 0 Å². The van der Waals surface area contributed by atoms with Crippen molar-refractivity contribution in [3.05, 3.63) is 0 Å². The zero-order valence-electron chi connectivity index (χ0n) is 13.6. The van der Waals surface area contributed by atoms with Gasteiger partial charge in [0.05, 0.1) is 0 Å². The normalized spacial score (nSPS) is 15.3. The molecule has 0 aliphatic carbocycles. The van der Waals surface area contributed by atoms with E-state index >= 15 is 0 Å². The summed E-state index contributed by atoms with van der Waals surface area (Å²) >= 11 is 0. The third kappa shape index (κ3) is 8.10. The van der Waals surface area contributed by atoms with Crippen molar-refractivity contribution in [1.82, 2.24) is 10.2 Å². The summed E-state index contributed by atoms with van der Waals surface area (Å²) in [7, 11) is 0. The number of nitrogens with zero attached hydrogens (tertiary/aromatic N) is 1. The molecular weight excluding hydrogens is 220 g/mol. The van der Waals surface area contributed by atoms with Crippen molar-refractivity contribution in [2.24, 2.45) is 5.92 Å². The quantitative estimate of drug-likeness (QED) is 0.603. The van der Waals surface area contributed by atoms with Crippen LogP contribution in [0, 0.1) is 5.92 Å². The Morgan fingerprint density at radius 1 is 0.889 bits per heavy atom. The molecule has 0 aliphatic heterocycles. The van der Waals surface area contributed by atoms with Gasteiger partial charge >= 0.3 is 0 Å². The summed E-state index contributed by atoms with van der Waals surface area (Å²) in [5, 5.41) is 3.57. The van der Waals surface area contributed by atoms with Crippen LogP contribution in [0.15, 0.2) is 0 Å². The van der Waals surface area contributed by atoms with Crippen LogP contribution in [0.1, 0.15) is 67.2 Å². The lowest BCUT2D eigenvalue weighted by molar-refractivity contribution is 0.154. The van der Waals surface area contributed by atoms with Crippen LogP contribution in [-0.4, -0.2) is 36.6 Å². The number of nitrogens with one attached hydrogen (secondary N) is 1. The number of rotatable bonds is 11. The van der Waals surface area contributed by atoms with Crippen molar-refractivity contribution in [2.75, 3.05) is 19.6 Å². The van der Waals surface area contributed by atoms with Gasteiger partial charge in [-0.05, 0) is 45.3 Å². The Morgan fingerprint density at radius 2 is 1.39 bits per heavy atom. The molecule has 2 unspecified atom stereocenters. The van der Waals surface area contributed by atoms with Gasteiger partial charge in [0, 0.05) is 12.1 Å². The summed E-state index contributed by atoms with van der Waals surface area (Å²) in [6.07, 6.45) is 5.26. The zero-order valence-corrected chi connectivity index (χ0v) is 13.6. The van der Waals surface area contributed by atoms with E-state index in [1.54, 1.807) is 0 Å². The standard InChI is InChI=1S/C16H36N2/c1-7-9-11-18(12-10-8-2)16(6)15(5)13-17-14(3)4/h14-17H,7-13H2,1-6H3. The highest BCUT2D eigenvalue weighted by Gasteiger charge is 2.19. The predicted molar refractivity (Wildman–Crippen MR) is 83.2 cm³/mol. The van der Waals surface area contributed by atoms with E-state index in [4.69, 9.17) is 0 Å². The SMILES string of the molecule is CCCCN(CCCC)C(C)C(C)CNC(C)C. The molecule has 0 aromatic heterocycles. The molecule has 0 saturated carbocycles. The van der Waals surface area contributed by atoms with Gasteiger partial charge in [-0.15, -0.1) is 0 Å². The second kappa shape index (κ2) is 10.8. The Labute approximate surface area is 116 Å². The molecule has 0 aliphatic rings. The van der Waals surface area contributed by atoms with E-state index in [0.717, 1.165) is 12.5 Å². The number of hydrogen-bond donors (Lipinski definition) is 1. The molecule has 0 spiro atoms. The van der Waals surface area contributed by atoms with Crippen molar-refractivity contribution >= 4 is 0 Å². The monoisotopic (exact) mass is 256 g/mol. The molecule has 2 heteroatoms. The van der Waals surface area contributed by atoms with E-state index < -0.39 is 0 Å². The Balaban J connectivity index is 4.18. The topological polar surface area (TPSA) is 15.3 Å². The summed E-state index contributed by atoms with van der Waals surface area (Å²) in [5.74, 6) is 0.723. The molecule has 18 heavy (non-hydrogen) atoms. The highest BCUT2D eigenvalue weighted by atomic mass is 15.2. The molecule has 110 valence electrons. The first kappa shape index (κ1) is 17.9. The van der Waals surface area contributed by atoms with Gasteiger partial charge < -0.3 is 10.2 Å². The molecule has 0 radical (unpaired) electrons. The zero-order chi connectivity index (χ0) is 14.0. The minimum absolute atomic E-state index is 0.597. The molecule has 1 N–H and O–H groups in total. The second-order valence-corrected chi connectivity index (χ2v) is 6.02. The highest BCUT2D eigenvalue weighted by molar-refractivity contribution is 4.75. The van der Waals surface area contributed by atoms with Crippen molar-refractivity contribution in [3.8, 4) is 0 Å². The Kier molecular flexibility index (Phi) is 10.8. The lowest BCUT2D eigenvalue weighted by Gasteiger charge is -2.33. The summed E-state index contributed by atoms with van der Waals surface area (Å²) in [4.78, 5) is 2.69. The van der Waals surface area contributed by atoms with Crippen LogP contribution in [0.25, 0.3) is 0 Å². The molecule has 0 bridgehead atoms. The van der Waals surface area contributed by atoms with E-state index in [1.807, 2.05) is 0 Å². The van der Waals surface area contributed by atoms with Crippen LogP contribution in [-0.2, 0) is 0 Å². The molecule has 2 atom stereocenters. The lowest BCUT2D eigenvalue weighted by Crippen LogP contribution is -2.43. The number of hydrogen-bond acceptors (Lipinski definition) is 2. The molecule has 0 fully saturated rings. The maximum absolute atomic E-state index is 3.57. The van der Waals surface area contributed by atoms with Crippen LogP contribution in [0.2, 0.25) is 0 Å². The van der Waals surface area contributed by atoms with Crippen LogP contribution in [0.4, 0.5) is 0 Å². The van der Waals surface area contributed by atoms with Crippen molar-refractivity contribution < 1.29 is 0 Å². The average molecular weight is 256 g/mol. The molecule has 0 aromatic carbocycles. The molecule has 0 amide bonds. The maximum atomic E-state index is 3.57. The van der Waals surface area contributed by atoms with E-state index in [9.17, 15) is 0 Å². The van der Waals surface area contributed by atoms with Gasteiger partial charge in [-0.2, -0.15) is 0 Å². The van der Waals surface area contributed by atoms with Crippen molar-refractivity contribution in [1.29, 1.82) is 0 Å². The first-order valence-electron chi connectivity index (χ1n) is 8.00. The van der Waals surface area contributed by atoms with Gasteiger partial charge in [0.15, 0.2) is 0 Å². The first-order valence-corrected chi connectivity index (χ1v) is 8.00. The fraction of sp³-hybridized carbons (Fsp3) is 1.00. The average Bonchev–Trinajstić information content (AvgIpc) is 2.35. The molecule has 0 heterocycles. The molecule has 0 rings (SSSR count). The third-order valence-corrected chi connectivity index (χ3v) is 3.85. The summed E-state index contributed by atoms with van der Waals surface area (Å²) in [6, 6.07) is 1.29. The maximum Gasteiger partial charge on any atom is 0.0105 e. The lowest BCUT2D eigenvalue weighted by atomic mass is 10.0. The van der Waals surface area contributed by atoms with Gasteiger partial charge in [-0.1, -0.05) is 47.5 Å². The van der Waals surface area contributed by atoms with E-state index in [1.165, 1.54) is 38.8 Å². The molecule has 0 aromatic rings. The highest BCUT2D eigenvalue weighted by Crippen LogP contribution is 2.13. The molecular formula is C16H36N2. The second-order valence-electron chi connectivity index (χ2n) is 6.02. The van der Waals surface area contributed by atoms with Gasteiger partial charge in [0.2, 0.25) is 0 Å². The summed E-state index contributed by atoms with van der Waals surface area (Å²) < 4.78 is 0. The van der Waals surface area contributed by atoms with Gasteiger partial charge in [-0.3, -0.25) is 0 Å². The van der Waals surface area contributed by atoms with Crippen LogP contribution < -0.4 is 5.32 Å². The first-order chi connectivity index (χ1) is 8.52. The Bertz CT molecular complexity index is 172. The largest absolute Gasteiger partial charge is 0.314 e. The van der Waals surface area contributed by atoms with E-state index in [2.05, 4.69) is 51.8 Å². The Hall–Kier alpha value is -0.0800. The van der Waals surface area contributed by atoms with E-state index in [-0.39, 0.29) is 0 Å². The fourth-order valence-electron chi connectivity index (χ4n) is 2.19. The fourth-order valence-corrected chi connectivity index (χ4v) is 2.19. The minimum Gasteiger partial charge on any atom is -0.314 e. The van der Waals surface area contributed by atoms with Gasteiger partial charge in [-0.25, -0.2) is 0 Å². The van der Waals surface area contributed by atoms with Crippen molar-refractivity contribution in [3.63, 3.8) is 0 Å². The smallest absolute Gasteiger partial charge is 0.0105 e. The molecule has 2 nitrogen and oxygen atoms in total. The van der Waals surface area contributed by atoms with Gasteiger partial charge in [0.1, 0.15) is 0 Å². The number of unbranched alkanes of at least 4 members (excludes halogenated alkanes) is 2. The van der Waals surface area contributed by atoms with Crippen molar-refractivity contribution in [2.45, 2.75) is 79.3 Å². The summed E-state index contributed by atoms with van der Waals surface area (Å²) in [6.45, 7) is 17.5.